The first-order valence-electron chi connectivity index (χ1n) is 6.09. The van der Waals surface area contributed by atoms with Crippen LogP contribution in [0.1, 0.15) is 28.3 Å². The lowest BCUT2D eigenvalue weighted by atomic mass is 10.1. The van der Waals surface area contributed by atoms with Gasteiger partial charge in [-0.15, -0.1) is 11.3 Å². The van der Waals surface area contributed by atoms with E-state index in [2.05, 4.69) is 24.4 Å². The highest BCUT2D eigenvalue weighted by atomic mass is 32.1. The van der Waals surface area contributed by atoms with E-state index in [1.807, 2.05) is 30.3 Å². The normalized spacial score (nSPS) is 11.8. The molecule has 1 atom stereocenters. The summed E-state index contributed by atoms with van der Waals surface area (Å²) < 4.78 is 5.36. The molecule has 19 heavy (non-hydrogen) atoms. The average Bonchev–Trinajstić information content (AvgIpc) is 2.92. The first kappa shape index (κ1) is 13.6. The summed E-state index contributed by atoms with van der Waals surface area (Å²) in [6.07, 6.45) is 0. The van der Waals surface area contributed by atoms with Crippen LogP contribution in [0.5, 0.6) is 5.75 Å². The summed E-state index contributed by atoms with van der Waals surface area (Å²) in [5, 5.41) is 12.2. The van der Waals surface area contributed by atoms with Gasteiger partial charge in [-0.05, 0) is 25.1 Å². The molecule has 0 radical (unpaired) electrons. The maximum atomic E-state index is 8.80. The van der Waals surface area contributed by atoms with Crippen molar-refractivity contribution in [3.8, 4) is 11.8 Å². The molecule has 2 aromatic rings. The molecule has 0 aliphatic rings. The Morgan fingerprint density at radius 2 is 2.11 bits per heavy atom. The van der Waals surface area contributed by atoms with Crippen LogP contribution < -0.4 is 10.1 Å². The van der Waals surface area contributed by atoms with Crippen molar-refractivity contribution >= 4 is 11.3 Å². The first-order valence-corrected chi connectivity index (χ1v) is 6.91. The van der Waals surface area contributed by atoms with Gasteiger partial charge < -0.3 is 10.1 Å². The molecule has 4 heteroatoms. The molecule has 1 heterocycles. The third-order valence-corrected chi connectivity index (χ3v) is 3.95. The molecule has 0 saturated carbocycles. The second-order valence-corrected chi connectivity index (χ2v) is 5.39. The summed E-state index contributed by atoms with van der Waals surface area (Å²) in [7, 11) is 1.68. The molecule has 98 valence electrons. The molecule has 0 saturated heterocycles. The standard InChI is InChI=1S/C15H16N2OS/c1-11(14-5-3-4-6-15(14)18-2)17-10-13-8-7-12(9-16)19-13/h3-8,11,17H,10H2,1-2H3/t11-/m1/s1. The van der Waals surface area contributed by atoms with Crippen molar-refractivity contribution in [2.75, 3.05) is 7.11 Å². The zero-order valence-corrected chi connectivity index (χ0v) is 11.8. The van der Waals surface area contributed by atoms with Crippen molar-refractivity contribution in [2.45, 2.75) is 19.5 Å². The first-order chi connectivity index (χ1) is 9.24. The number of nitrogens with zero attached hydrogens (tertiary/aromatic N) is 1. The smallest absolute Gasteiger partial charge is 0.123 e. The Kier molecular flexibility index (Phi) is 4.56. The molecule has 0 fully saturated rings. The molecular weight excluding hydrogens is 256 g/mol. The van der Waals surface area contributed by atoms with Gasteiger partial charge in [0.15, 0.2) is 0 Å². The molecular formula is C15H16N2OS. The maximum absolute atomic E-state index is 8.80. The van der Waals surface area contributed by atoms with Gasteiger partial charge in [-0.3, -0.25) is 0 Å². The Balaban J connectivity index is 2.01. The van der Waals surface area contributed by atoms with Gasteiger partial charge in [0, 0.05) is 23.0 Å². The number of nitrogens with one attached hydrogen (secondary N) is 1. The van der Waals surface area contributed by atoms with Gasteiger partial charge in [-0.25, -0.2) is 0 Å². The molecule has 0 aliphatic heterocycles. The maximum Gasteiger partial charge on any atom is 0.123 e. The minimum atomic E-state index is 0.198. The number of para-hydroxylation sites is 1. The molecule has 0 spiro atoms. The number of ether oxygens (including phenoxy) is 1. The Labute approximate surface area is 117 Å². The van der Waals surface area contributed by atoms with Crippen LogP contribution in [0.4, 0.5) is 0 Å². The average molecular weight is 272 g/mol. The van der Waals surface area contributed by atoms with E-state index < -0.39 is 0 Å². The molecule has 0 bridgehead atoms. The van der Waals surface area contributed by atoms with Crippen molar-refractivity contribution in [2.24, 2.45) is 0 Å². The Morgan fingerprint density at radius 1 is 1.32 bits per heavy atom. The predicted molar refractivity (Wildman–Crippen MR) is 77.3 cm³/mol. The van der Waals surface area contributed by atoms with Crippen LogP contribution in [0, 0.1) is 11.3 Å². The third-order valence-electron chi connectivity index (χ3n) is 2.96. The largest absolute Gasteiger partial charge is 0.496 e. The highest BCUT2D eigenvalue weighted by Gasteiger charge is 2.10. The minimum Gasteiger partial charge on any atom is -0.496 e. The van der Waals surface area contributed by atoms with Crippen LogP contribution in [-0.4, -0.2) is 7.11 Å². The summed E-state index contributed by atoms with van der Waals surface area (Å²) >= 11 is 1.53. The van der Waals surface area contributed by atoms with Gasteiger partial charge >= 0.3 is 0 Å². The molecule has 1 aromatic carbocycles. The SMILES string of the molecule is COc1ccccc1[C@@H](C)NCc1ccc(C#N)s1. The Hall–Kier alpha value is -1.83. The lowest BCUT2D eigenvalue weighted by Gasteiger charge is -2.16. The summed E-state index contributed by atoms with van der Waals surface area (Å²) in [6.45, 7) is 2.86. The number of nitriles is 1. The second kappa shape index (κ2) is 6.37. The van der Waals surface area contributed by atoms with Crippen molar-refractivity contribution in [3.05, 3.63) is 51.7 Å². The van der Waals surface area contributed by atoms with Gasteiger partial charge in [-0.2, -0.15) is 5.26 Å². The number of rotatable bonds is 5. The fourth-order valence-corrected chi connectivity index (χ4v) is 2.68. The van der Waals surface area contributed by atoms with E-state index in [9.17, 15) is 0 Å². The fraction of sp³-hybridized carbons (Fsp3) is 0.267. The van der Waals surface area contributed by atoms with Gasteiger partial charge in [0.1, 0.15) is 16.7 Å². The minimum absolute atomic E-state index is 0.198. The molecule has 1 N–H and O–H groups in total. The summed E-state index contributed by atoms with van der Waals surface area (Å²) in [5.74, 6) is 0.895. The number of thiophene rings is 1. The lowest BCUT2D eigenvalue weighted by Crippen LogP contribution is -2.18. The number of benzene rings is 1. The van der Waals surface area contributed by atoms with Gasteiger partial charge in [0.2, 0.25) is 0 Å². The fourth-order valence-electron chi connectivity index (χ4n) is 1.92. The van der Waals surface area contributed by atoms with E-state index in [0.29, 0.717) is 0 Å². The van der Waals surface area contributed by atoms with Crippen LogP contribution in [-0.2, 0) is 6.54 Å². The predicted octanol–water partition coefficient (Wildman–Crippen LogP) is 3.48. The van der Waals surface area contributed by atoms with Crippen LogP contribution >= 0.6 is 11.3 Å². The lowest BCUT2D eigenvalue weighted by molar-refractivity contribution is 0.401. The van der Waals surface area contributed by atoms with Gasteiger partial charge in [0.05, 0.1) is 7.11 Å². The van der Waals surface area contributed by atoms with Crippen molar-refractivity contribution in [1.29, 1.82) is 5.26 Å². The molecule has 2 rings (SSSR count). The highest BCUT2D eigenvalue weighted by Crippen LogP contribution is 2.25. The van der Waals surface area contributed by atoms with Crippen molar-refractivity contribution < 1.29 is 4.74 Å². The van der Waals surface area contributed by atoms with E-state index in [1.54, 1.807) is 7.11 Å². The number of hydrogen-bond donors (Lipinski definition) is 1. The molecule has 3 nitrogen and oxygen atoms in total. The molecule has 1 aromatic heterocycles. The van der Waals surface area contributed by atoms with E-state index in [4.69, 9.17) is 10.00 Å². The highest BCUT2D eigenvalue weighted by molar-refractivity contribution is 7.12. The third kappa shape index (κ3) is 3.34. The number of hydrogen-bond acceptors (Lipinski definition) is 4. The number of methoxy groups -OCH3 is 1. The molecule has 0 amide bonds. The topological polar surface area (TPSA) is 45.0 Å². The van der Waals surface area contributed by atoms with E-state index >= 15 is 0 Å². The Morgan fingerprint density at radius 3 is 2.79 bits per heavy atom. The summed E-state index contributed by atoms with van der Waals surface area (Å²) in [6, 6.07) is 14.2. The van der Waals surface area contributed by atoms with Crippen molar-refractivity contribution in [1.82, 2.24) is 5.32 Å². The zero-order chi connectivity index (χ0) is 13.7. The van der Waals surface area contributed by atoms with E-state index in [1.165, 1.54) is 16.2 Å². The van der Waals surface area contributed by atoms with E-state index in [0.717, 1.165) is 22.7 Å². The van der Waals surface area contributed by atoms with Crippen LogP contribution in [0.2, 0.25) is 0 Å². The summed E-state index contributed by atoms with van der Waals surface area (Å²) in [4.78, 5) is 1.92. The van der Waals surface area contributed by atoms with Crippen LogP contribution in [0.25, 0.3) is 0 Å². The van der Waals surface area contributed by atoms with Crippen LogP contribution in [0.3, 0.4) is 0 Å². The van der Waals surface area contributed by atoms with Gasteiger partial charge in [-0.1, -0.05) is 18.2 Å². The molecule has 0 aliphatic carbocycles. The Bertz CT molecular complexity index is 586. The molecule has 0 unspecified atom stereocenters. The zero-order valence-electron chi connectivity index (χ0n) is 11.0. The quantitative estimate of drug-likeness (QED) is 0.906. The van der Waals surface area contributed by atoms with E-state index in [-0.39, 0.29) is 6.04 Å². The van der Waals surface area contributed by atoms with Gasteiger partial charge in [0.25, 0.3) is 0 Å². The summed E-state index contributed by atoms with van der Waals surface area (Å²) in [5.41, 5.74) is 1.14. The van der Waals surface area contributed by atoms with Crippen LogP contribution in [0.15, 0.2) is 36.4 Å². The second-order valence-electron chi connectivity index (χ2n) is 4.22. The monoisotopic (exact) mass is 272 g/mol. The van der Waals surface area contributed by atoms with Crippen molar-refractivity contribution in [3.63, 3.8) is 0 Å².